The molecule has 0 spiro atoms. The predicted molar refractivity (Wildman–Crippen MR) is 48.1 cm³/mol. The molecule has 0 amide bonds. The van der Waals surface area contributed by atoms with Crippen molar-refractivity contribution in [3.05, 3.63) is 0 Å². The number of rotatable bonds is 1. The number of tetrazole rings is 1. The quantitative estimate of drug-likeness (QED) is 0.604. The van der Waals surface area contributed by atoms with Gasteiger partial charge in [0.25, 0.3) is 0 Å². The highest BCUT2D eigenvalue weighted by atomic mass is 15.5. The molecule has 0 radical (unpaired) electrons. The van der Waals surface area contributed by atoms with E-state index < -0.39 is 0 Å². The highest BCUT2D eigenvalue weighted by molar-refractivity contribution is 5.27. The molecule has 1 aromatic rings. The zero-order valence-electron chi connectivity index (χ0n) is 7.64. The molecule has 1 aliphatic rings. The fourth-order valence-corrected chi connectivity index (χ4v) is 1.86. The first-order chi connectivity index (χ1) is 6.25. The van der Waals surface area contributed by atoms with E-state index in [2.05, 4.69) is 32.4 Å². The van der Waals surface area contributed by atoms with Gasteiger partial charge < -0.3 is 10.6 Å². The fraction of sp³-hybridized carbons (Fsp3) is 0.857. The third kappa shape index (κ3) is 1.77. The van der Waals surface area contributed by atoms with Gasteiger partial charge in [-0.05, 0) is 22.8 Å². The molecule has 0 aliphatic carbocycles. The third-order valence-electron chi connectivity index (χ3n) is 2.33. The van der Waals surface area contributed by atoms with E-state index in [0.29, 0.717) is 5.92 Å². The van der Waals surface area contributed by atoms with E-state index in [-0.39, 0.29) is 6.04 Å². The molecule has 6 nitrogen and oxygen atoms in total. The van der Waals surface area contributed by atoms with E-state index in [9.17, 15) is 0 Å². The Morgan fingerprint density at radius 3 is 3.00 bits per heavy atom. The number of aromatic amines is 1. The summed E-state index contributed by atoms with van der Waals surface area (Å²) in [6.45, 7) is 4.00. The van der Waals surface area contributed by atoms with Crippen LogP contribution in [0.15, 0.2) is 0 Å². The van der Waals surface area contributed by atoms with Gasteiger partial charge in [0.1, 0.15) is 0 Å². The van der Waals surface area contributed by atoms with E-state index in [1.807, 2.05) is 0 Å². The maximum Gasteiger partial charge on any atom is 0.242 e. The minimum Gasteiger partial charge on any atom is -0.338 e. The van der Waals surface area contributed by atoms with Gasteiger partial charge in [-0.2, -0.15) is 0 Å². The van der Waals surface area contributed by atoms with E-state index >= 15 is 0 Å². The maximum absolute atomic E-state index is 5.90. The lowest BCUT2D eigenvalue weighted by molar-refractivity contribution is 0.398. The summed E-state index contributed by atoms with van der Waals surface area (Å²) in [7, 11) is 0. The lowest BCUT2D eigenvalue weighted by atomic mass is 9.97. The molecular formula is C7H14N6. The molecule has 6 heteroatoms. The van der Waals surface area contributed by atoms with Crippen LogP contribution in [0.25, 0.3) is 0 Å². The van der Waals surface area contributed by atoms with Crippen molar-refractivity contribution in [1.29, 1.82) is 0 Å². The Bertz CT molecular complexity index is 248. The molecule has 0 aromatic carbocycles. The van der Waals surface area contributed by atoms with Gasteiger partial charge in [0.15, 0.2) is 0 Å². The first-order valence-electron chi connectivity index (χ1n) is 4.50. The Hall–Kier alpha value is -1.17. The second kappa shape index (κ2) is 3.29. The van der Waals surface area contributed by atoms with E-state index in [1.165, 1.54) is 0 Å². The van der Waals surface area contributed by atoms with Crippen LogP contribution < -0.4 is 10.6 Å². The van der Waals surface area contributed by atoms with Crippen molar-refractivity contribution in [2.45, 2.75) is 19.4 Å². The number of nitrogens with zero attached hydrogens (tertiary/aromatic N) is 4. The van der Waals surface area contributed by atoms with Gasteiger partial charge in [0, 0.05) is 19.1 Å². The summed E-state index contributed by atoms with van der Waals surface area (Å²) in [5.74, 6) is 1.33. The third-order valence-corrected chi connectivity index (χ3v) is 2.33. The normalized spacial score (nSPS) is 29.2. The van der Waals surface area contributed by atoms with Gasteiger partial charge in [0.05, 0.1) is 0 Å². The lowest BCUT2D eigenvalue weighted by Crippen LogP contribution is -2.46. The average Bonchev–Trinajstić information content (AvgIpc) is 2.53. The van der Waals surface area contributed by atoms with Crippen molar-refractivity contribution in [2.24, 2.45) is 11.7 Å². The summed E-state index contributed by atoms with van der Waals surface area (Å²) in [6.07, 6.45) is 1.08. The van der Waals surface area contributed by atoms with E-state index in [1.54, 1.807) is 0 Å². The molecule has 0 saturated carbocycles. The molecule has 2 atom stereocenters. The van der Waals surface area contributed by atoms with Crippen LogP contribution in [0.3, 0.4) is 0 Å². The molecule has 3 N–H and O–H groups in total. The van der Waals surface area contributed by atoms with Crippen molar-refractivity contribution < 1.29 is 0 Å². The van der Waals surface area contributed by atoms with Crippen LogP contribution in [0.4, 0.5) is 5.95 Å². The zero-order valence-corrected chi connectivity index (χ0v) is 7.64. The number of aromatic nitrogens is 4. The summed E-state index contributed by atoms with van der Waals surface area (Å²) in [4.78, 5) is 2.10. The highest BCUT2D eigenvalue weighted by Gasteiger charge is 2.23. The average molecular weight is 182 g/mol. The van der Waals surface area contributed by atoms with Crippen LogP contribution in [-0.4, -0.2) is 39.8 Å². The minimum atomic E-state index is 0.230. The van der Waals surface area contributed by atoms with Crippen LogP contribution in [0.5, 0.6) is 0 Å². The predicted octanol–water partition coefficient (Wildman–Crippen LogP) is -0.627. The summed E-state index contributed by atoms with van der Waals surface area (Å²) in [6, 6.07) is 0.230. The molecule has 1 aromatic heterocycles. The SMILES string of the molecule is C[C@H]1C[C@H](N)CN(c2nnn[nH]2)C1. The zero-order chi connectivity index (χ0) is 9.26. The van der Waals surface area contributed by atoms with Gasteiger partial charge in [-0.1, -0.05) is 12.0 Å². The monoisotopic (exact) mass is 182 g/mol. The second-order valence-corrected chi connectivity index (χ2v) is 3.73. The number of nitrogens with one attached hydrogen (secondary N) is 1. The minimum absolute atomic E-state index is 0.230. The number of nitrogens with two attached hydrogens (primary N) is 1. The summed E-state index contributed by atoms with van der Waals surface area (Å²) < 4.78 is 0. The van der Waals surface area contributed by atoms with Crippen LogP contribution in [0, 0.1) is 5.92 Å². The molecule has 2 rings (SSSR count). The largest absolute Gasteiger partial charge is 0.338 e. The summed E-state index contributed by atoms with van der Waals surface area (Å²) >= 11 is 0. The van der Waals surface area contributed by atoms with Crippen molar-refractivity contribution in [2.75, 3.05) is 18.0 Å². The van der Waals surface area contributed by atoms with Gasteiger partial charge in [-0.15, -0.1) is 0 Å². The molecule has 13 heavy (non-hydrogen) atoms. The number of hydrogen-bond donors (Lipinski definition) is 2. The number of hydrogen-bond acceptors (Lipinski definition) is 5. The Kier molecular flexibility index (Phi) is 2.13. The lowest BCUT2D eigenvalue weighted by Gasteiger charge is -2.33. The van der Waals surface area contributed by atoms with Crippen molar-refractivity contribution in [3.8, 4) is 0 Å². The van der Waals surface area contributed by atoms with E-state index in [4.69, 9.17) is 5.73 Å². The van der Waals surface area contributed by atoms with Crippen LogP contribution in [-0.2, 0) is 0 Å². The Labute approximate surface area is 76.5 Å². The molecular weight excluding hydrogens is 168 g/mol. The van der Waals surface area contributed by atoms with E-state index in [0.717, 1.165) is 25.5 Å². The Morgan fingerprint density at radius 1 is 1.54 bits per heavy atom. The number of piperidine rings is 1. The fourth-order valence-electron chi connectivity index (χ4n) is 1.86. The van der Waals surface area contributed by atoms with Crippen LogP contribution >= 0.6 is 0 Å². The molecule has 1 aliphatic heterocycles. The molecule has 0 unspecified atom stereocenters. The molecule has 1 saturated heterocycles. The van der Waals surface area contributed by atoms with Crippen molar-refractivity contribution in [3.63, 3.8) is 0 Å². The van der Waals surface area contributed by atoms with Crippen LogP contribution in [0.2, 0.25) is 0 Å². The highest BCUT2D eigenvalue weighted by Crippen LogP contribution is 2.17. The summed E-state index contributed by atoms with van der Waals surface area (Å²) in [5.41, 5.74) is 5.90. The van der Waals surface area contributed by atoms with Gasteiger partial charge >= 0.3 is 0 Å². The second-order valence-electron chi connectivity index (χ2n) is 3.73. The topological polar surface area (TPSA) is 83.7 Å². The Balaban J connectivity index is 2.07. The number of H-pyrrole nitrogens is 1. The number of anilines is 1. The standard InChI is InChI=1S/C7H14N6/c1-5-2-6(8)4-13(3-5)7-9-11-12-10-7/h5-6H,2-4,8H2,1H3,(H,9,10,11,12)/t5-,6-/m0/s1. The van der Waals surface area contributed by atoms with Gasteiger partial charge in [0.2, 0.25) is 5.95 Å². The maximum atomic E-state index is 5.90. The first kappa shape index (κ1) is 8.43. The molecule has 1 fully saturated rings. The molecule has 72 valence electrons. The van der Waals surface area contributed by atoms with Gasteiger partial charge in [-0.25, -0.2) is 5.10 Å². The molecule has 2 heterocycles. The molecule has 0 bridgehead atoms. The van der Waals surface area contributed by atoms with Crippen molar-refractivity contribution in [1.82, 2.24) is 20.6 Å². The van der Waals surface area contributed by atoms with Gasteiger partial charge in [-0.3, -0.25) is 0 Å². The van der Waals surface area contributed by atoms with Crippen molar-refractivity contribution >= 4 is 5.95 Å². The Morgan fingerprint density at radius 2 is 2.38 bits per heavy atom. The summed E-state index contributed by atoms with van der Waals surface area (Å²) in [5, 5.41) is 13.7. The van der Waals surface area contributed by atoms with Crippen LogP contribution in [0.1, 0.15) is 13.3 Å². The smallest absolute Gasteiger partial charge is 0.242 e. The first-order valence-corrected chi connectivity index (χ1v) is 4.50.